The summed E-state index contributed by atoms with van der Waals surface area (Å²) in [5.41, 5.74) is -0.152. The maximum absolute atomic E-state index is 12.9. The minimum absolute atomic E-state index is 0.325. The number of amides is 2. The van der Waals surface area contributed by atoms with E-state index in [0.717, 1.165) is 17.0 Å². The molecule has 0 saturated carbocycles. The second kappa shape index (κ2) is 7.78. The molecule has 29 heavy (non-hydrogen) atoms. The Bertz CT molecular complexity index is 966. The summed E-state index contributed by atoms with van der Waals surface area (Å²) in [5, 5.41) is 2.06. The summed E-state index contributed by atoms with van der Waals surface area (Å²) in [6, 6.07) is 11.1. The molecule has 1 aliphatic rings. The first-order chi connectivity index (χ1) is 13.7. The molecule has 0 radical (unpaired) electrons. The molecule has 0 bridgehead atoms. The van der Waals surface area contributed by atoms with Crippen molar-refractivity contribution in [3.8, 4) is 0 Å². The van der Waals surface area contributed by atoms with Crippen LogP contribution in [-0.2, 0) is 20.5 Å². The number of benzene rings is 2. The first-order valence-electron chi connectivity index (χ1n) is 8.40. The lowest BCUT2D eigenvalue weighted by molar-refractivity contribution is -0.147. The molecule has 2 amide bonds. The zero-order valence-electron chi connectivity index (χ0n) is 15.0. The van der Waals surface area contributed by atoms with Gasteiger partial charge in [0.25, 0.3) is 11.8 Å². The number of esters is 1. The molecule has 2 aromatic rings. The second-order valence-corrected chi connectivity index (χ2v) is 6.14. The number of nitrogens with zero attached hydrogens (tertiary/aromatic N) is 1. The third kappa shape index (κ3) is 4.29. The first-order valence-corrected chi connectivity index (χ1v) is 8.40. The highest BCUT2D eigenvalue weighted by molar-refractivity contribution is 6.10. The number of hydrogen-bond acceptors (Lipinski definition) is 4. The van der Waals surface area contributed by atoms with Crippen LogP contribution in [0, 0.1) is 0 Å². The number of alkyl halides is 3. The van der Waals surface area contributed by atoms with Gasteiger partial charge in [-0.05, 0) is 18.2 Å². The summed E-state index contributed by atoms with van der Waals surface area (Å²) in [5.74, 6) is -2.26. The van der Waals surface area contributed by atoms with Gasteiger partial charge in [-0.1, -0.05) is 36.9 Å². The van der Waals surface area contributed by atoms with Crippen molar-refractivity contribution in [3.05, 3.63) is 71.8 Å². The zero-order chi connectivity index (χ0) is 21.2. The molecule has 0 aliphatic carbocycles. The molecule has 2 aromatic carbocycles. The van der Waals surface area contributed by atoms with Crippen LogP contribution < -0.4 is 5.32 Å². The summed E-state index contributed by atoms with van der Waals surface area (Å²) in [7, 11) is 0. The zero-order valence-corrected chi connectivity index (χ0v) is 15.0. The van der Waals surface area contributed by atoms with Gasteiger partial charge in [-0.2, -0.15) is 13.2 Å². The van der Waals surface area contributed by atoms with Crippen molar-refractivity contribution in [2.45, 2.75) is 6.18 Å². The minimum atomic E-state index is -4.65. The molecule has 1 aliphatic heterocycles. The first kappa shape index (κ1) is 20.1. The van der Waals surface area contributed by atoms with Gasteiger partial charge < -0.3 is 10.1 Å². The third-order valence-corrected chi connectivity index (χ3v) is 4.20. The van der Waals surface area contributed by atoms with E-state index >= 15 is 0 Å². The Kier molecular flexibility index (Phi) is 5.40. The van der Waals surface area contributed by atoms with Crippen molar-refractivity contribution in [1.82, 2.24) is 4.90 Å². The lowest BCUT2D eigenvalue weighted by atomic mass is 10.1. The number of halogens is 3. The number of hydrogen-bond donors (Lipinski definition) is 1. The SMILES string of the molecule is C=C1c2ccccc2C(=O)N1CC(=O)OCC(=O)Nc1ccccc1C(F)(F)F. The summed E-state index contributed by atoms with van der Waals surface area (Å²) < 4.78 is 43.6. The van der Waals surface area contributed by atoms with E-state index in [-0.39, 0.29) is 0 Å². The minimum Gasteiger partial charge on any atom is -0.454 e. The maximum atomic E-state index is 12.9. The van der Waals surface area contributed by atoms with E-state index in [4.69, 9.17) is 4.74 Å². The maximum Gasteiger partial charge on any atom is 0.418 e. The predicted octanol–water partition coefficient (Wildman–Crippen LogP) is 3.31. The van der Waals surface area contributed by atoms with Crippen LogP contribution >= 0.6 is 0 Å². The number of anilines is 1. The molecule has 1 N–H and O–H groups in total. The Morgan fingerprint density at radius 1 is 1.03 bits per heavy atom. The van der Waals surface area contributed by atoms with Crippen molar-refractivity contribution in [1.29, 1.82) is 0 Å². The fourth-order valence-corrected chi connectivity index (χ4v) is 2.85. The van der Waals surface area contributed by atoms with Crippen molar-refractivity contribution < 1.29 is 32.3 Å². The monoisotopic (exact) mass is 404 g/mol. The number of carbonyl (C=O) groups excluding carboxylic acids is 3. The standard InChI is InChI=1S/C20H15F3N2O4/c1-12-13-6-2-3-7-14(13)19(28)25(12)10-18(27)29-11-17(26)24-16-9-5-4-8-15(16)20(21,22)23/h2-9H,1,10-11H2,(H,24,26). The van der Waals surface area contributed by atoms with Crippen LogP contribution in [0.3, 0.4) is 0 Å². The number of rotatable bonds is 5. The van der Waals surface area contributed by atoms with Gasteiger partial charge in [-0.15, -0.1) is 0 Å². The molecule has 0 atom stereocenters. The lowest BCUT2D eigenvalue weighted by Gasteiger charge is -2.16. The van der Waals surface area contributed by atoms with Gasteiger partial charge in [0.15, 0.2) is 6.61 Å². The molecule has 150 valence electrons. The van der Waals surface area contributed by atoms with Gasteiger partial charge in [-0.3, -0.25) is 19.3 Å². The van der Waals surface area contributed by atoms with Crippen LogP contribution in [0.2, 0.25) is 0 Å². The molecular weight excluding hydrogens is 389 g/mol. The van der Waals surface area contributed by atoms with Crippen LogP contribution in [0.15, 0.2) is 55.1 Å². The Hall–Kier alpha value is -3.62. The fourth-order valence-electron chi connectivity index (χ4n) is 2.85. The van der Waals surface area contributed by atoms with E-state index in [0.29, 0.717) is 16.8 Å². The molecule has 0 unspecified atom stereocenters. The molecule has 0 aromatic heterocycles. The fraction of sp³-hybridized carbons (Fsp3) is 0.150. The Morgan fingerprint density at radius 3 is 2.31 bits per heavy atom. The predicted molar refractivity (Wildman–Crippen MR) is 97.5 cm³/mol. The highest BCUT2D eigenvalue weighted by Crippen LogP contribution is 2.34. The summed E-state index contributed by atoms with van der Waals surface area (Å²) >= 11 is 0. The normalized spacial score (nSPS) is 13.3. The van der Waals surface area contributed by atoms with Gasteiger partial charge in [0.1, 0.15) is 6.54 Å². The van der Waals surface area contributed by atoms with E-state index in [1.165, 1.54) is 12.1 Å². The van der Waals surface area contributed by atoms with E-state index in [1.807, 2.05) is 0 Å². The smallest absolute Gasteiger partial charge is 0.418 e. The van der Waals surface area contributed by atoms with Gasteiger partial charge >= 0.3 is 12.1 Å². The van der Waals surface area contributed by atoms with E-state index in [9.17, 15) is 27.6 Å². The second-order valence-electron chi connectivity index (χ2n) is 6.14. The Labute approximate surface area is 163 Å². The highest BCUT2D eigenvalue weighted by Gasteiger charge is 2.34. The average molecular weight is 404 g/mol. The third-order valence-electron chi connectivity index (χ3n) is 4.20. The highest BCUT2D eigenvalue weighted by atomic mass is 19.4. The van der Waals surface area contributed by atoms with Gasteiger partial charge in [0.2, 0.25) is 0 Å². The summed E-state index contributed by atoms with van der Waals surface area (Å²) in [4.78, 5) is 37.3. The average Bonchev–Trinajstić information content (AvgIpc) is 2.91. The largest absolute Gasteiger partial charge is 0.454 e. The van der Waals surface area contributed by atoms with Gasteiger partial charge in [-0.25, -0.2) is 0 Å². The molecule has 0 saturated heterocycles. The number of para-hydroxylation sites is 1. The van der Waals surface area contributed by atoms with Crippen molar-refractivity contribution in [2.75, 3.05) is 18.5 Å². The van der Waals surface area contributed by atoms with Crippen LogP contribution in [0.25, 0.3) is 5.70 Å². The van der Waals surface area contributed by atoms with E-state index in [2.05, 4.69) is 11.9 Å². The van der Waals surface area contributed by atoms with E-state index < -0.39 is 48.4 Å². The Morgan fingerprint density at radius 2 is 1.66 bits per heavy atom. The molecule has 0 fully saturated rings. The number of carbonyl (C=O) groups is 3. The molecule has 6 nitrogen and oxygen atoms in total. The molecule has 0 spiro atoms. The van der Waals surface area contributed by atoms with Crippen LogP contribution in [0.5, 0.6) is 0 Å². The molecular formula is C20H15F3N2O4. The molecule has 3 rings (SSSR count). The van der Waals surface area contributed by atoms with Crippen LogP contribution in [0.4, 0.5) is 18.9 Å². The van der Waals surface area contributed by atoms with Crippen molar-refractivity contribution in [2.24, 2.45) is 0 Å². The van der Waals surface area contributed by atoms with Crippen molar-refractivity contribution in [3.63, 3.8) is 0 Å². The van der Waals surface area contributed by atoms with Gasteiger partial charge in [0.05, 0.1) is 11.3 Å². The van der Waals surface area contributed by atoms with E-state index in [1.54, 1.807) is 24.3 Å². The molecule has 9 heteroatoms. The summed E-state index contributed by atoms with van der Waals surface area (Å²) in [6.45, 7) is 2.50. The number of ether oxygens (including phenoxy) is 1. The number of fused-ring (bicyclic) bond motifs is 1. The number of nitrogens with one attached hydrogen (secondary N) is 1. The topological polar surface area (TPSA) is 75.7 Å². The van der Waals surface area contributed by atoms with Crippen LogP contribution in [-0.4, -0.2) is 35.8 Å². The van der Waals surface area contributed by atoms with Gasteiger partial charge in [0, 0.05) is 16.8 Å². The lowest BCUT2D eigenvalue weighted by Crippen LogP contribution is -2.32. The van der Waals surface area contributed by atoms with Crippen LogP contribution in [0.1, 0.15) is 21.5 Å². The molecule has 1 heterocycles. The summed E-state index contributed by atoms with van der Waals surface area (Å²) in [6.07, 6.45) is -4.65. The van der Waals surface area contributed by atoms with Crippen molar-refractivity contribution >= 4 is 29.2 Å². The Balaban J connectivity index is 1.56. The quantitative estimate of drug-likeness (QED) is 0.776.